The molecule has 2 rings (SSSR count). The minimum Gasteiger partial charge on any atom is -0.478 e. The topological polar surface area (TPSA) is 106 Å². The van der Waals surface area contributed by atoms with Crippen molar-refractivity contribution >= 4 is 35.0 Å². The average molecular weight is 312 g/mol. The lowest BCUT2D eigenvalue weighted by atomic mass is 10.3. The van der Waals surface area contributed by atoms with E-state index in [1.807, 2.05) is 0 Å². The summed E-state index contributed by atoms with van der Waals surface area (Å²) in [5.41, 5.74) is -0.628. The van der Waals surface area contributed by atoms with Crippen LogP contribution in [0, 0.1) is 10.1 Å². The molecule has 102 valence electrons. The van der Waals surface area contributed by atoms with E-state index in [1.165, 1.54) is 6.20 Å². The Bertz CT molecular complexity index is 678. The van der Waals surface area contributed by atoms with Crippen LogP contribution in [0.4, 0.5) is 5.69 Å². The first-order valence-corrected chi connectivity index (χ1v) is 6.34. The Morgan fingerprint density at radius 1 is 1.35 bits per heavy atom. The van der Waals surface area contributed by atoms with Crippen LogP contribution in [0.3, 0.4) is 0 Å². The highest BCUT2D eigenvalue weighted by atomic mass is 35.5. The highest BCUT2D eigenvalue weighted by Gasteiger charge is 2.20. The van der Waals surface area contributed by atoms with Crippen molar-refractivity contribution in [1.82, 2.24) is 9.97 Å². The Morgan fingerprint density at radius 2 is 2.10 bits per heavy atom. The number of carboxylic acid groups (broad SMARTS) is 1. The van der Waals surface area contributed by atoms with Crippen LogP contribution in [0.15, 0.2) is 40.6 Å². The minimum atomic E-state index is -1.28. The van der Waals surface area contributed by atoms with Gasteiger partial charge in [-0.1, -0.05) is 11.6 Å². The van der Waals surface area contributed by atoms with Crippen LogP contribution in [0.2, 0.25) is 5.02 Å². The summed E-state index contributed by atoms with van der Waals surface area (Å²) in [7, 11) is 0. The number of carbonyl (C=O) groups is 1. The fourth-order valence-corrected chi connectivity index (χ4v) is 2.18. The van der Waals surface area contributed by atoms with E-state index >= 15 is 0 Å². The minimum absolute atomic E-state index is 0.0647. The maximum absolute atomic E-state index is 11.0. The van der Waals surface area contributed by atoms with Crippen molar-refractivity contribution in [2.75, 3.05) is 0 Å². The van der Waals surface area contributed by atoms with E-state index in [1.54, 1.807) is 12.1 Å². The van der Waals surface area contributed by atoms with Gasteiger partial charge in [0.15, 0.2) is 5.03 Å². The SMILES string of the molecule is O=C(O)c1cnc(Sc2ccc(Cl)cn2)c([N+](=O)[O-])c1. The third-order valence-electron chi connectivity index (χ3n) is 2.18. The van der Waals surface area contributed by atoms with Gasteiger partial charge in [0.1, 0.15) is 5.03 Å². The molecule has 0 spiro atoms. The molecule has 7 nitrogen and oxygen atoms in total. The van der Waals surface area contributed by atoms with Gasteiger partial charge in [0.05, 0.1) is 15.5 Å². The van der Waals surface area contributed by atoms with Crippen LogP contribution < -0.4 is 0 Å². The molecular formula is C11H6ClN3O4S. The summed E-state index contributed by atoms with van der Waals surface area (Å²) in [6, 6.07) is 4.14. The maximum Gasteiger partial charge on any atom is 0.337 e. The summed E-state index contributed by atoms with van der Waals surface area (Å²) in [6.45, 7) is 0. The van der Waals surface area contributed by atoms with Crippen LogP contribution in [0.5, 0.6) is 0 Å². The highest BCUT2D eigenvalue weighted by molar-refractivity contribution is 7.99. The Morgan fingerprint density at radius 3 is 2.65 bits per heavy atom. The van der Waals surface area contributed by atoms with Gasteiger partial charge in [-0.15, -0.1) is 0 Å². The van der Waals surface area contributed by atoms with Crippen molar-refractivity contribution < 1.29 is 14.8 Å². The van der Waals surface area contributed by atoms with Gasteiger partial charge >= 0.3 is 11.7 Å². The number of rotatable bonds is 4. The van der Waals surface area contributed by atoms with Crippen molar-refractivity contribution in [3.8, 4) is 0 Å². The standard InChI is InChI=1S/C11H6ClN3O4S/c12-7-1-2-9(13-5-7)20-10-8(15(18)19)3-6(4-14-10)11(16)17/h1-5H,(H,16,17). The smallest absolute Gasteiger partial charge is 0.337 e. The lowest BCUT2D eigenvalue weighted by Crippen LogP contribution is -2.01. The zero-order chi connectivity index (χ0) is 14.7. The first-order chi connectivity index (χ1) is 9.47. The zero-order valence-electron chi connectivity index (χ0n) is 9.69. The van der Waals surface area contributed by atoms with E-state index in [-0.39, 0.29) is 16.3 Å². The number of pyridine rings is 2. The van der Waals surface area contributed by atoms with E-state index in [4.69, 9.17) is 16.7 Å². The molecule has 9 heteroatoms. The van der Waals surface area contributed by atoms with E-state index < -0.39 is 10.9 Å². The first-order valence-electron chi connectivity index (χ1n) is 5.14. The van der Waals surface area contributed by atoms with Gasteiger partial charge in [-0.2, -0.15) is 0 Å². The van der Waals surface area contributed by atoms with Gasteiger partial charge in [0.2, 0.25) is 0 Å². The summed E-state index contributed by atoms with van der Waals surface area (Å²) in [6.07, 6.45) is 2.47. The predicted octanol–water partition coefficient (Wildman–Crippen LogP) is 2.89. The Labute approximate surface area is 121 Å². The second-order valence-corrected chi connectivity index (χ2v) is 4.97. The number of aromatic carboxylic acids is 1. The number of aromatic nitrogens is 2. The lowest BCUT2D eigenvalue weighted by Gasteiger charge is -2.02. The molecule has 20 heavy (non-hydrogen) atoms. The fraction of sp³-hybridized carbons (Fsp3) is 0. The van der Waals surface area contributed by atoms with E-state index in [2.05, 4.69) is 9.97 Å². The fourth-order valence-electron chi connectivity index (χ4n) is 1.29. The number of nitrogens with zero attached hydrogens (tertiary/aromatic N) is 3. The van der Waals surface area contributed by atoms with E-state index in [0.29, 0.717) is 10.0 Å². The van der Waals surface area contributed by atoms with E-state index in [9.17, 15) is 14.9 Å². The molecule has 0 amide bonds. The first kappa shape index (κ1) is 14.2. The third kappa shape index (κ3) is 3.22. The molecule has 2 aromatic heterocycles. The second kappa shape index (κ2) is 5.85. The third-order valence-corrected chi connectivity index (χ3v) is 3.36. The van der Waals surface area contributed by atoms with Crippen LogP contribution in [0.25, 0.3) is 0 Å². The van der Waals surface area contributed by atoms with Crippen molar-refractivity contribution in [3.05, 3.63) is 51.3 Å². The van der Waals surface area contributed by atoms with Crippen molar-refractivity contribution in [2.45, 2.75) is 10.1 Å². The molecule has 0 atom stereocenters. The van der Waals surface area contributed by atoms with Gasteiger partial charge in [0.25, 0.3) is 0 Å². The van der Waals surface area contributed by atoms with Gasteiger partial charge in [-0.05, 0) is 23.9 Å². The number of hydrogen-bond donors (Lipinski definition) is 1. The molecule has 1 N–H and O–H groups in total. The normalized spacial score (nSPS) is 10.2. The van der Waals surface area contributed by atoms with Gasteiger partial charge < -0.3 is 5.11 Å². The number of nitro groups is 1. The molecule has 0 saturated heterocycles. The summed E-state index contributed by atoms with van der Waals surface area (Å²) < 4.78 is 0. The lowest BCUT2D eigenvalue weighted by molar-refractivity contribution is -0.388. The monoisotopic (exact) mass is 311 g/mol. The Balaban J connectivity index is 2.38. The maximum atomic E-state index is 11.0. The highest BCUT2D eigenvalue weighted by Crippen LogP contribution is 2.32. The van der Waals surface area contributed by atoms with Gasteiger partial charge in [0, 0.05) is 18.5 Å². The molecule has 0 saturated carbocycles. The molecule has 2 aromatic rings. The quantitative estimate of drug-likeness (QED) is 0.683. The van der Waals surface area contributed by atoms with E-state index in [0.717, 1.165) is 24.0 Å². The predicted molar refractivity (Wildman–Crippen MR) is 71.2 cm³/mol. The molecule has 0 aromatic carbocycles. The second-order valence-electron chi connectivity index (χ2n) is 3.53. The largest absolute Gasteiger partial charge is 0.478 e. The molecule has 0 radical (unpaired) electrons. The number of halogens is 1. The number of carboxylic acids is 1. The summed E-state index contributed by atoms with van der Waals surface area (Å²) >= 11 is 6.65. The van der Waals surface area contributed by atoms with Crippen molar-refractivity contribution in [2.24, 2.45) is 0 Å². The average Bonchev–Trinajstić information content (AvgIpc) is 2.41. The Kier molecular flexibility index (Phi) is 4.16. The van der Waals surface area contributed by atoms with Gasteiger partial charge in [-0.3, -0.25) is 10.1 Å². The number of hydrogen-bond acceptors (Lipinski definition) is 6. The van der Waals surface area contributed by atoms with Crippen LogP contribution in [0.1, 0.15) is 10.4 Å². The summed E-state index contributed by atoms with van der Waals surface area (Å²) in [4.78, 5) is 28.9. The van der Waals surface area contributed by atoms with Crippen molar-refractivity contribution in [3.63, 3.8) is 0 Å². The van der Waals surface area contributed by atoms with Gasteiger partial charge in [-0.25, -0.2) is 14.8 Å². The summed E-state index contributed by atoms with van der Waals surface area (Å²) in [5.74, 6) is -1.28. The van der Waals surface area contributed by atoms with Crippen LogP contribution in [-0.2, 0) is 0 Å². The molecule has 0 unspecified atom stereocenters. The Hall–Kier alpha value is -2.19. The molecular weight excluding hydrogens is 306 g/mol. The zero-order valence-corrected chi connectivity index (χ0v) is 11.3. The molecule has 0 fully saturated rings. The molecule has 2 heterocycles. The van der Waals surface area contributed by atoms with Crippen molar-refractivity contribution in [1.29, 1.82) is 0 Å². The molecule has 0 aliphatic heterocycles. The molecule has 0 aliphatic rings. The van der Waals surface area contributed by atoms with Crippen LogP contribution in [-0.4, -0.2) is 26.0 Å². The molecule has 0 aliphatic carbocycles. The molecule has 0 bridgehead atoms. The van der Waals surface area contributed by atoms with Crippen LogP contribution >= 0.6 is 23.4 Å². The summed E-state index contributed by atoms with van der Waals surface area (Å²) in [5, 5.41) is 20.7.